The highest BCUT2D eigenvalue weighted by atomic mass is 35.5. The van der Waals surface area contributed by atoms with Gasteiger partial charge in [-0.15, -0.1) is 0 Å². The van der Waals surface area contributed by atoms with E-state index in [1.165, 1.54) is 16.8 Å². The minimum Gasteiger partial charge on any atom is -0.404 e. The van der Waals surface area contributed by atoms with E-state index in [2.05, 4.69) is 0 Å². The second-order valence-electron chi connectivity index (χ2n) is 4.98. The van der Waals surface area contributed by atoms with E-state index in [1.807, 2.05) is 18.7 Å². The molecule has 0 N–H and O–H groups in total. The number of hydrogen-bond acceptors (Lipinski definition) is 4. The van der Waals surface area contributed by atoms with Gasteiger partial charge < -0.3 is 9.64 Å². The van der Waals surface area contributed by atoms with Gasteiger partial charge in [0.2, 0.25) is 5.88 Å². The predicted octanol–water partition coefficient (Wildman–Crippen LogP) is 3.46. The van der Waals surface area contributed by atoms with E-state index in [1.54, 1.807) is 42.6 Å². The molecule has 0 spiro atoms. The van der Waals surface area contributed by atoms with Gasteiger partial charge in [0, 0.05) is 30.4 Å². The molecule has 2 rings (SSSR count). The zero-order chi connectivity index (χ0) is 17.5. The summed E-state index contributed by atoms with van der Waals surface area (Å²) in [5, 5.41) is 0.543. The molecule has 0 saturated carbocycles. The molecule has 0 aliphatic rings. The van der Waals surface area contributed by atoms with Gasteiger partial charge in [-0.05, 0) is 44.2 Å². The first-order chi connectivity index (χ1) is 11.5. The minimum absolute atomic E-state index is 0.204. The van der Waals surface area contributed by atoms with Crippen molar-refractivity contribution in [2.75, 3.05) is 13.1 Å². The van der Waals surface area contributed by atoms with Crippen LogP contribution in [0, 0.1) is 0 Å². The van der Waals surface area contributed by atoms with Gasteiger partial charge in [-0.2, -0.15) is 0 Å². The maximum absolute atomic E-state index is 12.4. The van der Waals surface area contributed by atoms with Crippen molar-refractivity contribution in [2.24, 2.45) is 0 Å². The van der Waals surface area contributed by atoms with E-state index in [9.17, 15) is 9.59 Å². The van der Waals surface area contributed by atoms with E-state index >= 15 is 0 Å². The fourth-order valence-electron chi connectivity index (χ4n) is 2.11. The highest BCUT2D eigenvalue weighted by molar-refractivity contribution is 6.30. The number of benzene rings is 1. The third-order valence-electron chi connectivity index (χ3n) is 3.45. The van der Waals surface area contributed by atoms with Gasteiger partial charge in [-0.1, -0.05) is 17.7 Å². The maximum Gasteiger partial charge on any atom is 0.344 e. The first-order valence-corrected chi connectivity index (χ1v) is 8.04. The normalized spacial score (nSPS) is 11.2. The smallest absolute Gasteiger partial charge is 0.344 e. The summed E-state index contributed by atoms with van der Waals surface area (Å²) in [5.74, 6) is -0.193. The van der Waals surface area contributed by atoms with E-state index in [0.29, 0.717) is 29.6 Å². The van der Waals surface area contributed by atoms with Crippen LogP contribution < -0.4 is 5.56 Å². The molecule has 1 heterocycles. The zero-order valence-corrected chi connectivity index (χ0v) is 14.4. The quantitative estimate of drug-likeness (QED) is 0.593. The highest BCUT2D eigenvalue weighted by Gasteiger charge is 2.15. The zero-order valence-electron chi connectivity index (χ0n) is 13.6. The van der Waals surface area contributed by atoms with Gasteiger partial charge in [0.15, 0.2) is 0 Å². The Balaban J connectivity index is 2.33. The van der Waals surface area contributed by atoms with Gasteiger partial charge in [-0.25, -0.2) is 4.79 Å². The minimum atomic E-state index is -0.506. The van der Waals surface area contributed by atoms with Crippen LogP contribution in [-0.4, -0.2) is 28.5 Å². The van der Waals surface area contributed by atoms with E-state index in [4.69, 9.17) is 16.3 Å². The molecule has 0 fully saturated rings. The Hall–Kier alpha value is -2.53. The molecule has 24 heavy (non-hydrogen) atoms. The monoisotopic (exact) mass is 346 g/mol. The molecule has 0 amide bonds. The molecule has 0 aliphatic heterocycles. The summed E-state index contributed by atoms with van der Waals surface area (Å²) >= 11 is 5.83. The molecule has 0 bridgehead atoms. The number of carbonyl (C=O) groups is 1. The van der Waals surface area contributed by atoms with E-state index < -0.39 is 5.97 Å². The largest absolute Gasteiger partial charge is 0.404 e. The van der Waals surface area contributed by atoms with Gasteiger partial charge in [0.05, 0.1) is 11.8 Å². The molecular formula is C18H19ClN2O3. The number of nitrogens with zero attached hydrogens (tertiary/aromatic N) is 2. The molecule has 2 aromatic rings. The topological polar surface area (TPSA) is 51.5 Å². The number of halogens is 1. The average molecular weight is 347 g/mol. The molecule has 1 aromatic carbocycles. The van der Waals surface area contributed by atoms with Crippen molar-refractivity contribution in [1.29, 1.82) is 0 Å². The molecule has 0 radical (unpaired) electrons. The lowest BCUT2D eigenvalue weighted by atomic mass is 10.2. The lowest BCUT2D eigenvalue weighted by Crippen LogP contribution is -2.27. The number of carbonyl (C=O) groups excluding carboxylic acids is 1. The molecule has 126 valence electrons. The van der Waals surface area contributed by atoms with Gasteiger partial charge in [0.1, 0.15) is 0 Å². The maximum atomic E-state index is 12.4. The van der Waals surface area contributed by atoms with Crippen LogP contribution in [0.1, 0.15) is 24.2 Å². The number of rotatable bonds is 6. The van der Waals surface area contributed by atoms with E-state index in [-0.39, 0.29) is 5.56 Å². The molecule has 0 atom stereocenters. The Morgan fingerprint density at radius 2 is 1.83 bits per heavy atom. The van der Waals surface area contributed by atoms with E-state index in [0.717, 1.165) is 0 Å². The summed E-state index contributed by atoms with van der Waals surface area (Å²) in [6.45, 7) is 5.16. The summed E-state index contributed by atoms with van der Waals surface area (Å²) in [6.07, 6.45) is 3.13. The SMILES string of the molecule is CCN(CC)/C(=C\n1ccccc1=O)OC(=O)c1ccc(Cl)cc1. The molecule has 5 nitrogen and oxygen atoms in total. The Morgan fingerprint density at radius 3 is 2.42 bits per heavy atom. The van der Waals surface area contributed by atoms with Crippen molar-refractivity contribution in [3.05, 3.63) is 75.5 Å². The lowest BCUT2D eigenvalue weighted by Gasteiger charge is -2.23. The Morgan fingerprint density at radius 1 is 1.17 bits per heavy atom. The van der Waals surface area contributed by atoms with Crippen LogP contribution in [0.2, 0.25) is 5.02 Å². The lowest BCUT2D eigenvalue weighted by molar-refractivity contribution is 0.0512. The van der Waals surface area contributed by atoms with Gasteiger partial charge >= 0.3 is 5.97 Å². The third kappa shape index (κ3) is 4.49. The van der Waals surface area contributed by atoms with Crippen LogP contribution >= 0.6 is 11.6 Å². The second kappa shape index (κ2) is 8.36. The van der Waals surface area contributed by atoms with Crippen molar-refractivity contribution in [3.63, 3.8) is 0 Å². The number of hydrogen-bond donors (Lipinski definition) is 0. The Labute approximate surface area is 145 Å². The molecule has 0 unspecified atom stereocenters. The molecule has 6 heteroatoms. The van der Waals surface area contributed by atoms with Crippen LogP contribution in [0.25, 0.3) is 6.20 Å². The van der Waals surface area contributed by atoms with Gasteiger partial charge in [-0.3, -0.25) is 9.36 Å². The van der Waals surface area contributed by atoms with Crippen molar-refractivity contribution < 1.29 is 9.53 Å². The second-order valence-corrected chi connectivity index (χ2v) is 5.42. The third-order valence-corrected chi connectivity index (χ3v) is 3.70. The van der Waals surface area contributed by atoms with Crippen LogP contribution in [0.4, 0.5) is 0 Å². The molecule has 1 aromatic heterocycles. The fraction of sp³-hybridized carbons (Fsp3) is 0.222. The average Bonchev–Trinajstić information content (AvgIpc) is 2.58. The summed E-state index contributed by atoms with van der Waals surface area (Å²) < 4.78 is 6.90. The number of pyridine rings is 1. The van der Waals surface area contributed by atoms with Crippen LogP contribution in [0.15, 0.2) is 59.3 Å². The predicted molar refractivity (Wildman–Crippen MR) is 94.8 cm³/mol. The first kappa shape index (κ1) is 17.8. The van der Waals surface area contributed by atoms with Crippen LogP contribution in [0.5, 0.6) is 0 Å². The van der Waals surface area contributed by atoms with Crippen molar-refractivity contribution in [1.82, 2.24) is 9.47 Å². The van der Waals surface area contributed by atoms with Crippen LogP contribution in [-0.2, 0) is 4.74 Å². The fourth-order valence-corrected chi connectivity index (χ4v) is 2.24. The number of aromatic nitrogens is 1. The molecular weight excluding hydrogens is 328 g/mol. The van der Waals surface area contributed by atoms with Crippen molar-refractivity contribution >= 4 is 23.8 Å². The standard InChI is InChI=1S/C18H19ClN2O3/c1-3-20(4-2)17(13-21-12-6-5-7-16(21)22)24-18(23)14-8-10-15(19)11-9-14/h5-13H,3-4H2,1-2H3/b17-13+. The number of esters is 1. The summed E-state index contributed by atoms with van der Waals surface area (Å²) in [6, 6.07) is 11.3. The van der Waals surface area contributed by atoms with Crippen molar-refractivity contribution in [2.45, 2.75) is 13.8 Å². The summed E-state index contributed by atoms with van der Waals surface area (Å²) in [7, 11) is 0. The molecule has 0 saturated heterocycles. The molecule has 0 aliphatic carbocycles. The van der Waals surface area contributed by atoms with Crippen LogP contribution in [0.3, 0.4) is 0 Å². The van der Waals surface area contributed by atoms with Gasteiger partial charge in [0.25, 0.3) is 5.56 Å². The van der Waals surface area contributed by atoms with Crippen molar-refractivity contribution in [3.8, 4) is 0 Å². The summed E-state index contributed by atoms with van der Waals surface area (Å²) in [4.78, 5) is 26.1. The Kier molecular flexibility index (Phi) is 6.21. The number of ether oxygens (including phenoxy) is 1. The summed E-state index contributed by atoms with van der Waals surface area (Å²) in [5.41, 5.74) is 0.183. The highest BCUT2D eigenvalue weighted by Crippen LogP contribution is 2.14. The Bertz CT molecular complexity index is 777. The first-order valence-electron chi connectivity index (χ1n) is 7.66.